The largest absolute Gasteiger partial charge is 0.399 e. The number of rotatable bonds is 2. The summed E-state index contributed by atoms with van der Waals surface area (Å²) < 4.78 is 0. The number of nitrogens with one attached hydrogen (secondary N) is 1. The number of likely N-dealkylation sites (N-methyl/N-ethyl adjacent to an activating group) is 1. The van der Waals surface area contributed by atoms with Gasteiger partial charge in [0.05, 0.1) is 15.7 Å². The molecule has 0 aliphatic carbocycles. The van der Waals surface area contributed by atoms with Crippen molar-refractivity contribution in [3.63, 3.8) is 0 Å². The van der Waals surface area contributed by atoms with Crippen LogP contribution in [-0.2, 0) is 4.79 Å². The van der Waals surface area contributed by atoms with Crippen molar-refractivity contribution in [2.45, 2.75) is 12.5 Å². The molecule has 1 aliphatic heterocycles. The lowest BCUT2D eigenvalue weighted by Crippen LogP contribution is -2.31. The summed E-state index contributed by atoms with van der Waals surface area (Å²) in [6, 6.07) is 2.95. The predicted octanol–water partition coefficient (Wildman–Crippen LogP) is 2.22. The van der Waals surface area contributed by atoms with E-state index >= 15 is 0 Å². The van der Waals surface area contributed by atoms with Gasteiger partial charge in [0.1, 0.15) is 6.04 Å². The molecule has 92 valence electrons. The van der Waals surface area contributed by atoms with Crippen LogP contribution in [0.1, 0.15) is 6.42 Å². The van der Waals surface area contributed by atoms with Gasteiger partial charge in [-0.05, 0) is 18.6 Å². The molecule has 0 aromatic heterocycles. The van der Waals surface area contributed by atoms with Crippen molar-refractivity contribution in [1.82, 2.24) is 4.90 Å². The van der Waals surface area contributed by atoms with E-state index in [-0.39, 0.29) is 11.9 Å². The van der Waals surface area contributed by atoms with Gasteiger partial charge in [0.15, 0.2) is 0 Å². The van der Waals surface area contributed by atoms with E-state index in [0.717, 1.165) is 13.0 Å². The maximum Gasteiger partial charge on any atom is 0.244 e. The summed E-state index contributed by atoms with van der Waals surface area (Å²) in [5.41, 5.74) is 6.68. The minimum Gasteiger partial charge on any atom is -0.399 e. The van der Waals surface area contributed by atoms with E-state index in [1.807, 2.05) is 0 Å². The molecule has 1 atom stereocenters. The van der Waals surface area contributed by atoms with Crippen molar-refractivity contribution in [2.75, 3.05) is 24.6 Å². The lowest BCUT2D eigenvalue weighted by Gasteiger charge is -2.16. The summed E-state index contributed by atoms with van der Waals surface area (Å²) in [5.74, 6) is 0.0500. The number of nitrogens with two attached hydrogens (primary N) is 1. The summed E-state index contributed by atoms with van der Waals surface area (Å²) >= 11 is 12.1. The number of benzene rings is 1. The number of anilines is 2. The van der Waals surface area contributed by atoms with E-state index in [9.17, 15) is 4.79 Å². The van der Waals surface area contributed by atoms with Gasteiger partial charge in [-0.3, -0.25) is 4.79 Å². The number of likely N-dealkylation sites (tertiary alicyclic amines) is 1. The van der Waals surface area contributed by atoms with Gasteiger partial charge in [0.25, 0.3) is 0 Å². The number of halogens is 2. The smallest absolute Gasteiger partial charge is 0.244 e. The number of carbonyl (C=O) groups is 1. The quantitative estimate of drug-likeness (QED) is 0.813. The standard InChI is InChI=1S/C11H13Cl2N3O/c1-16-3-2-9(11(16)17)15-10-7(12)4-6(14)5-8(10)13/h4-5,9,15H,2-3,14H2,1H3. The van der Waals surface area contributed by atoms with E-state index in [1.54, 1.807) is 24.1 Å². The first kappa shape index (κ1) is 12.3. The Morgan fingerprint density at radius 1 is 1.41 bits per heavy atom. The Labute approximate surface area is 110 Å². The van der Waals surface area contributed by atoms with Gasteiger partial charge in [-0.1, -0.05) is 23.2 Å². The SMILES string of the molecule is CN1CCC(Nc2c(Cl)cc(N)cc2Cl)C1=O. The molecule has 0 radical (unpaired) electrons. The highest BCUT2D eigenvalue weighted by Gasteiger charge is 2.29. The highest BCUT2D eigenvalue weighted by Crippen LogP contribution is 2.34. The average Bonchev–Trinajstić information content (AvgIpc) is 2.54. The highest BCUT2D eigenvalue weighted by atomic mass is 35.5. The molecule has 0 spiro atoms. The third kappa shape index (κ3) is 2.42. The molecule has 17 heavy (non-hydrogen) atoms. The number of nitrogens with zero attached hydrogens (tertiary/aromatic N) is 1. The first-order valence-corrected chi connectivity index (χ1v) is 6.00. The molecule has 0 saturated carbocycles. The molecule has 1 aromatic carbocycles. The Morgan fingerprint density at radius 2 is 2.00 bits per heavy atom. The van der Waals surface area contributed by atoms with E-state index in [0.29, 0.717) is 21.4 Å². The van der Waals surface area contributed by atoms with Crippen molar-refractivity contribution in [3.8, 4) is 0 Å². The Kier molecular flexibility index (Phi) is 3.35. The third-order valence-electron chi connectivity index (χ3n) is 2.81. The fourth-order valence-electron chi connectivity index (χ4n) is 1.86. The van der Waals surface area contributed by atoms with Crippen molar-refractivity contribution < 1.29 is 4.79 Å². The second kappa shape index (κ2) is 4.63. The second-order valence-corrected chi connectivity index (χ2v) is 4.92. The van der Waals surface area contributed by atoms with Crippen LogP contribution in [0.2, 0.25) is 10.0 Å². The summed E-state index contributed by atoms with van der Waals surface area (Å²) in [6.45, 7) is 0.737. The molecular weight excluding hydrogens is 261 g/mol. The average molecular weight is 274 g/mol. The van der Waals surface area contributed by atoms with Gasteiger partial charge in [-0.2, -0.15) is 0 Å². The number of hydrogen-bond acceptors (Lipinski definition) is 3. The highest BCUT2D eigenvalue weighted by molar-refractivity contribution is 6.39. The first-order chi connectivity index (χ1) is 7.99. The zero-order valence-corrected chi connectivity index (χ0v) is 10.8. The van der Waals surface area contributed by atoms with Crippen LogP contribution in [0.3, 0.4) is 0 Å². The Hall–Kier alpha value is -1.13. The van der Waals surface area contributed by atoms with Gasteiger partial charge in [-0.25, -0.2) is 0 Å². The van der Waals surface area contributed by atoms with Gasteiger partial charge < -0.3 is 16.0 Å². The van der Waals surface area contributed by atoms with Crippen molar-refractivity contribution in [2.24, 2.45) is 0 Å². The van der Waals surface area contributed by atoms with Gasteiger partial charge in [-0.15, -0.1) is 0 Å². The summed E-state index contributed by atoms with van der Waals surface area (Å²) in [6.07, 6.45) is 0.742. The second-order valence-electron chi connectivity index (χ2n) is 4.10. The molecule has 6 heteroatoms. The Balaban J connectivity index is 2.22. The monoisotopic (exact) mass is 273 g/mol. The van der Waals surface area contributed by atoms with Crippen LogP contribution in [0, 0.1) is 0 Å². The lowest BCUT2D eigenvalue weighted by molar-refractivity contribution is -0.127. The van der Waals surface area contributed by atoms with Crippen LogP contribution < -0.4 is 11.1 Å². The molecule has 1 aromatic rings. The molecule has 4 nitrogen and oxygen atoms in total. The summed E-state index contributed by atoms with van der Waals surface area (Å²) in [4.78, 5) is 13.4. The molecule has 1 saturated heterocycles. The van der Waals surface area contributed by atoms with Crippen LogP contribution in [0.4, 0.5) is 11.4 Å². The van der Waals surface area contributed by atoms with Crippen molar-refractivity contribution >= 4 is 40.5 Å². The Bertz CT molecular complexity index is 441. The molecule has 3 N–H and O–H groups in total. The fourth-order valence-corrected chi connectivity index (χ4v) is 2.47. The Morgan fingerprint density at radius 3 is 2.47 bits per heavy atom. The topological polar surface area (TPSA) is 58.4 Å². The van der Waals surface area contributed by atoms with Gasteiger partial charge in [0.2, 0.25) is 5.91 Å². The van der Waals surface area contributed by atoms with Crippen LogP contribution in [0.15, 0.2) is 12.1 Å². The number of nitrogen functional groups attached to an aromatic ring is 1. The molecule has 0 bridgehead atoms. The fraction of sp³-hybridized carbons (Fsp3) is 0.364. The van der Waals surface area contributed by atoms with Crippen LogP contribution in [-0.4, -0.2) is 30.4 Å². The normalized spacial score (nSPS) is 19.8. The van der Waals surface area contributed by atoms with Crippen molar-refractivity contribution in [3.05, 3.63) is 22.2 Å². The molecule has 1 heterocycles. The van der Waals surface area contributed by atoms with E-state index < -0.39 is 0 Å². The van der Waals surface area contributed by atoms with Gasteiger partial charge >= 0.3 is 0 Å². The third-order valence-corrected chi connectivity index (χ3v) is 3.41. The lowest BCUT2D eigenvalue weighted by atomic mass is 10.2. The minimum absolute atomic E-state index is 0.0500. The van der Waals surface area contributed by atoms with Crippen LogP contribution >= 0.6 is 23.2 Å². The molecule has 2 rings (SSSR count). The van der Waals surface area contributed by atoms with E-state index in [1.165, 1.54) is 0 Å². The first-order valence-electron chi connectivity index (χ1n) is 5.25. The van der Waals surface area contributed by atoms with E-state index in [4.69, 9.17) is 28.9 Å². The maximum atomic E-state index is 11.8. The zero-order chi connectivity index (χ0) is 12.6. The van der Waals surface area contributed by atoms with Gasteiger partial charge in [0, 0.05) is 19.3 Å². The van der Waals surface area contributed by atoms with Crippen molar-refractivity contribution in [1.29, 1.82) is 0 Å². The predicted molar refractivity (Wildman–Crippen MR) is 70.5 cm³/mol. The maximum absolute atomic E-state index is 11.8. The van der Waals surface area contributed by atoms with Crippen LogP contribution in [0.25, 0.3) is 0 Å². The molecule has 1 unspecified atom stereocenters. The molecule has 1 aliphatic rings. The number of amides is 1. The summed E-state index contributed by atoms with van der Waals surface area (Å²) in [5, 5.41) is 3.93. The molecule has 1 fully saturated rings. The zero-order valence-electron chi connectivity index (χ0n) is 9.34. The molecular formula is C11H13Cl2N3O. The summed E-state index contributed by atoms with van der Waals surface area (Å²) in [7, 11) is 1.77. The van der Waals surface area contributed by atoms with Crippen LogP contribution in [0.5, 0.6) is 0 Å². The molecule has 1 amide bonds. The van der Waals surface area contributed by atoms with E-state index in [2.05, 4.69) is 5.32 Å². The minimum atomic E-state index is -0.265. The number of carbonyl (C=O) groups excluding carboxylic acids is 1. The number of hydrogen-bond donors (Lipinski definition) is 2.